The number of nitrogens with one attached hydrogen (secondary N) is 1. The number of aliphatic hydroxyl groups is 1. The minimum Gasteiger partial charge on any atom is -0.395 e. The molecule has 2 fully saturated rings. The van der Waals surface area contributed by atoms with E-state index in [9.17, 15) is 5.11 Å². The highest BCUT2D eigenvalue weighted by molar-refractivity contribution is 5.40. The zero-order valence-corrected chi connectivity index (χ0v) is 9.98. The Hall–Kier alpha value is -0.900. The van der Waals surface area contributed by atoms with E-state index in [-0.39, 0.29) is 18.1 Å². The molecule has 1 aromatic rings. The Bertz CT molecular complexity index is 395. The van der Waals surface area contributed by atoms with Crippen molar-refractivity contribution in [2.24, 2.45) is 0 Å². The van der Waals surface area contributed by atoms with Crippen LogP contribution in [0.5, 0.6) is 0 Å². The van der Waals surface area contributed by atoms with Crippen molar-refractivity contribution in [3.05, 3.63) is 35.4 Å². The molecule has 1 saturated heterocycles. The van der Waals surface area contributed by atoms with E-state index in [0.717, 1.165) is 32.5 Å². The van der Waals surface area contributed by atoms with Crippen molar-refractivity contribution in [1.29, 1.82) is 0 Å². The lowest BCUT2D eigenvalue weighted by molar-refractivity contribution is 0.0266. The van der Waals surface area contributed by atoms with E-state index < -0.39 is 0 Å². The summed E-state index contributed by atoms with van der Waals surface area (Å²) in [7, 11) is 0. The molecule has 1 aliphatic carbocycles. The summed E-state index contributed by atoms with van der Waals surface area (Å²) in [6.45, 7) is 2.83. The average Bonchev–Trinajstić information content (AvgIpc) is 3.21. The molecular weight excluding hydrogens is 214 g/mol. The molecule has 17 heavy (non-hydrogen) atoms. The Morgan fingerprint density at radius 1 is 1.35 bits per heavy atom. The normalized spacial score (nSPS) is 26.8. The molecule has 3 heteroatoms. The predicted octanol–water partition coefficient (Wildman–Crippen LogP) is 1.37. The quantitative estimate of drug-likeness (QED) is 0.828. The Balaban J connectivity index is 1.93. The van der Waals surface area contributed by atoms with Gasteiger partial charge in [0.2, 0.25) is 0 Å². The molecule has 3 rings (SSSR count). The second-order valence-corrected chi connectivity index (χ2v) is 5.09. The van der Waals surface area contributed by atoms with Gasteiger partial charge < -0.3 is 15.2 Å². The summed E-state index contributed by atoms with van der Waals surface area (Å²) in [6.07, 6.45) is 2.34. The minimum atomic E-state index is 0.0252. The average molecular weight is 233 g/mol. The van der Waals surface area contributed by atoms with Crippen LogP contribution in [0.3, 0.4) is 0 Å². The molecular formula is C14H19NO2. The largest absolute Gasteiger partial charge is 0.395 e. The van der Waals surface area contributed by atoms with E-state index in [2.05, 4.69) is 29.6 Å². The van der Waals surface area contributed by atoms with Gasteiger partial charge in [0.1, 0.15) is 0 Å². The van der Waals surface area contributed by atoms with Gasteiger partial charge in [0.25, 0.3) is 0 Å². The smallest absolute Gasteiger partial charge is 0.0952 e. The van der Waals surface area contributed by atoms with Gasteiger partial charge in [-0.3, -0.25) is 0 Å². The zero-order valence-electron chi connectivity index (χ0n) is 9.98. The maximum absolute atomic E-state index is 9.58. The lowest BCUT2D eigenvalue weighted by Gasteiger charge is -2.28. The number of morpholine rings is 1. The monoisotopic (exact) mass is 233 g/mol. The standard InChI is InChI=1S/C14H19NO2/c16-10-14(5-6-14)12-4-2-1-3-11(12)13-9-15-7-8-17-13/h1-4,13,15-16H,5-10H2. The maximum Gasteiger partial charge on any atom is 0.0952 e. The number of hydrogen-bond donors (Lipinski definition) is 2. The van der Waals surface area contributed by atoms with Crippen molar-refractivity contribution in [3.8, 4) is 0 Å². The van der Waals surface area contributed by atoms with Crippen LogP contribution in [0.25, 0.3) is 0 Å². The van der Waals surface area contributed by atoms with Crippen molar-refractivity contribution in [2.45, 2.75) is 24.4 Å². The molecule has 1 unspecified atom stereocenters. The molecule has 0 aromatic heterocycles. The highest BCUT2D eigenvalue weighted by Gasteiger charge is 2.45. The van der Waals surface area contributed by atoms with E-state index in [1.54, 1.807) is 0 Å². The molecule has 0 radical (unpaired) electrons. The van der Waals surface area contributed by atoms with Gasteiger partial charge in [-0.1, -0.05) is 24.3 Å². The van der Waals surface area contributed by atoms with Crippen LogP contribution in [0.4, 0.5) is 0 Å². The summed E-state index contributed by atoms with van der Waals surface area (Å²) in [5.41, 5.74) is 2.57. The van der Waals surface area contributed by atoms with Crippen LogP contribution in [0.15, 0.2) is 24.3 Å². The first-order chi connectivity index (χ1) is 8.36. The van der Waals surface area contributed by atoms with E-state index >= 15 is 0 Å². The fourth-order valence-corrected chi connectivity index (χ4v) is 2.69. The molecule has 3 nitrogen and oxygen atoms in total. The lowest BCUT2D eigenvalue weighted by Crippen LogP contribution is -2.34. The molecule has 1 atom stereocenters. The van der Waals surface area contributed by atoms with Crippen LogP contribution in [0.1, 0.15) is 30.1 Å². The van der Waals surface area contributed by atoms with Crippen LogP contribution >= 0.6 is 0 Å². The summed E-state index contributed by atoms with van der Waals surface area (Å²) in [4.78, 5) is 0. The number of benzene rings is 1. The molecule has 0 amide bonds. The van der Waals surface area contributed by atoms with E-state index in [1.807, 2.05) is 0 Å². The Morgan fingerprint density at radius 2 is 2.18 bits per heavy atom. The minimum absolute atomic E-state index is 0.0252. The SMILES string of the molecule is OCC1(c2ccccc2C2CNCCO2)CC1. The highest BCUT2D eigenvalue weighted by Crippen LogP contribution is 2.50. The third-order valence-corrected chi connectivity index (χ3v) is 3.96. The lowest BCUT2D eigenvalue weighted by atomic mass is 9.89. The summed E-state index contributed by atoms with van der Waals surface area (Å²) in [5.74, 6) is 0. The van der Waals surface area contributed by atoms with Crippen molar-refractivity contribution >= 4 is 0 Å². The van der Waals surface area contributed by atoms with Crippen molar-refractivity contribution in [1.82, 2.24) is 5.32 Å². The zero-order chi connectivity index (χ0) is 11.7. The molecule has 2 aliphatic rings. The van der Waals surface area contributed by atoms with Gasteiger partial charge in [0.05, 0.1) is 19.3 Å². The first-order valence-corrected chi connectivity index (χ1v) is 6.38. The molecule has 2 N–H and O–H groups in total. The molecule has 92 valence electrons. The summed E-state index contributed by atoms with van der Waals surface area (Å²) in [5, 5.41) is 12.9. The maximum atomic E-state index is 9.58. The Labute approximate surface area is 102 Å². The van der Waals surface area contributed by atoms with Gasteiger partial charge in [-0.15, -0.1) is 0 Å². The van der Waals surface area contributed by atoms with Crippen LogP contribution in [-0.4, -0.2) is 31.4 Å². The van der Waals surface area contributed by atoms with Gasteiger partial charge in [-0.2, -0.15) is 0 Å². The van der Waals surface area contributed by atoms with Crippen LogP contribution < -0.4 is 5.32 Å². The van der Waals surface area contributed by atoms with Gasteiger partial charge in [-0.25, -0.2) is 0 Å². The fraction of sp³-hybridized carbons (Fsp3) is 0.571. The predicted molar refractivity (Wildman–Crippen MR) is 66.0 cm³/mol. The van der Waals surface area contributed by atoms with Gasteiger partial charge in [0, 0.05) is 18.5 Å². The Morgan fingerprint density at radius 3 is 2.82 bits per heavy atom. The number of ether oxygens (including phenoxy) is 1. The first kappa shape index (κ1) is 11.2. The van der Waals surface area contributed by atoms with Crippen molar-refractivity contribution in [2.75, 3.05) is 26.3 Å². The summed E-state index contributed by atoms with van der Waals surface area (Å²) < 4.78 is 5.83. The van der Waals surface area contributed by atoms with Crippen molar-refractivity contribution < 1.29 is 9.84 Å². The molecule has 0 spiro atoms. The molecule has 1 saturated carbocycles. The van der Waals surface area contributed by atoms with Crippen LogP contribution in [-0.2, 0) is 10.2 Å². The third-order valence-electron chi connectivity index (χ3n) is 3.96. The van der Waals surface area contributed by atoms with E-state index in [0.29, 0.717) is 0 Å². The molecule has 1 aromatic carbocycles. The number of aliphatic hydroxyl groups excluding tert-OH is 1. The highest BCUT2D eigenvalue weighted by atomic mass is 16.5. The molecule has 0 bridgehead atoms. The first-order valence-electron chi connectivity index (χ1n) is 6.38. The van der Waals surface area contributed by atoms with Gasteiger partial charge in [-0.05, 0) is 24.0 Å². The van der Waals surface area contributed by atoms with Crippen LogP contribution in [0, 0.1) is 0 Å². The van der Waals surface area contributed by atoms with Gasteiger partial charge in [0.15, 0.2) is 0 Å². The summed E-state index contributed by atoms with van der Waals surface area (Å²) in [6, 6.07) is 8.41. The second-order valence-electron chi connectivity index (χ2n) is 5.09. The van der Waals surface area contributed by atoms with Crippen LogP contribution in [0.2, 0.25) is 0 Å². The fourth-order valence-electron chi connectivity index (χ4n) is 2.69. The number of rotatable bonds is 3. The molecule has 1 aliphatic heterocycles. The molecule has 1 heterocycles. The van der Waals surface area contributed by atoms with Crippen molar-refractivity contribution in [3.63, 3.8) is 0 Å². The summed E-state index contributed by atoms with van der Waals surface area (Å²) >= 11 is 0. The van der Waals surface area contributed by atoms with E-state index in [1.165, 1.54) is 11.1 Å². The van der Waals surface area contributed by atoms with E-state index in [4.69, 9.17) is 4.74 Å². The van der Waals surface area contributed by atoms with Gasteiger partial charge >= 0.3 is 0 Å². The second kappa shape index (κ2) is 4.41. The Kier molecular flexibility index (Phi) is 2.90. The topological polar surface area (TPSA) is 41.5 Å². The number of hydrogen-bond acceptors (Lipinski definition) is 3. The third kappa shape index (κ3) is 1.99.